The van der Waals surface area contributed by atoms with Crippen molar-refractivity contribution in [3.8, 4) is 50.2 Å². The van der Waals surface area contributed by atoms with Gasteiger partial charge in [0.1, 0.15) is 0 Å². The van der Waals surface area contributed by atoms with Crippen molar-refractivity contribution in [2.75, 3.05) is 4.90 Å². The van der Waals surface area contributed by atoms with Gasteiger partial charge in [0.2, 0.25) is 0 Å². The molecule has 1 aromatic heterocycles. The van der Waals surface area contributed by atoms with E-state index in [1.807, 2.05) is 0 Å². The van der Waals surface area contributed by atoms with Crippen LogP contribution in [0.2, 0.25) is 0 Å². The van der Waals surface area contributed by atoms with Gasteiger partial charge in [-0.3, -0.25) is 0 Å². The molecule has 0 spiro atoms. The third-order valence-corrected chi connectivity index (χ3v) is 10.8. The number of benzene rings is 9. The van der Waals surface area contributed by atoms with Crippen LogP contribution in [-0.4, -0.2) is 4.57 Å². The van der Waals surface area contributed by atoms with E-state index >= 15 is 0 Å². The van der Waals surface area contributed by atoms with E-state index in [2.05, 4.69) is 240 Å². The zero-order valence-corrected chi connectivity index (χ0v) is 30.8. The molecular weight excluding hydrogens is 677 g/mol. The van der Waals surface area contributed by atoms with Gasteiger partial charge in [0.25, 0.3) is 0 Å². The first-order valence-corrected chi connectivity index (χ1v) is 19.2. The van der Waals surface area contributed by atoms with Crippen LogP contribution in [0.3, 0.4) is 0 Å². The van der Waals surface area contributed by atoms with Gasteiger partial charge in [0.05, 0.1) is 22.4 Å². The number of nitrogens with zero attached hydrogens (tertiary/aromatic N) is 2. The molecule has 1 heterocycles. The fraction of sp³-hybridized carbons (Fsp3) is 0. The summed E-state index contributed by atoms with van der Waals surface area (Å²) in [5.41, 5.74) is 16.3. The monoisotopic (exact) mass is 714 g/mol. The molecule has 0 bridgehead atoms. The maximum absolute atomic E-state index is 2.45. The number of para-hydroxylation sites is 3. The standard InChI is InChI=1S/C54H38N2/c1-5-19-39(20-6-1)45-27-13-14-28-46(45)42-33-36-53(50(37-42)41-23-9-3-10-24-41)55(43-25-11-4-12-26-43)44-34-35-49-48-30-16-18-32-52(48)56(54(49)38-44)51-31-17-15-29-47(51)40-21-7-2-8-22-40/h1-38H. The maximum Gasteiger partial charge on any atom is 0.0562 e. The molecular formula is C54H38N2. The maximum atomic E-state index is 2.45. The van der Waals surface area contributed by atoms with Gasteiger partial charge in [0, 0.05) is 33.3 Å². The summed E-state index contributed by atoms with van der Waals surface area (Å²) in [6, 6.07) is 83.1. The molecule has 0 aliphatic carbocycles. The Morgan fingerprint density at radius 2 is 0.786 bits per heavy atom. The van der Waals surface area contributed by atoms with Crippen LogP contribution in [0.1, 0.15) is 0 Å². The summed E-state index contributed by atoms with van der Waals surface area (Å²) in [5, 5.41) is 2.45. The van der Waals surface area contributed by atoms with Crippen molar-refractivity contribution in [2.24, 2.45) is 0 Å². The first-order valence-electron chi connectivity index (χ1n) is 19.2. The summed E-state index contributed by atoms with van der Waals surface area (Å²) in [4.78, 5) is 2.42. The lowest BCUT2D eigenvalue weighted by Crippen LogP contribution is -2.11. The van der Waals surface area contributed by atoms with E-state index in [0.717, 1.165) is 39.4 Å². The Morgan fingerprint density at radius 1 is 0.286 bits per heavy atom. The second-order valence-corrected chi connectivity index (χ2v) is 14.1. The third-order valence-electron chi connectivity index (χ3n) is 10.8. The van der Waals surface area contributed by atoms with Gasteiger partial charge in [0.15, 0.2) is 0 Å². The molecule has 0 fully saturated rings. The van der Waals surface area contributed by atoms with Crippen LogP contribution in [0.5, 0.6) is 0 Å². The molecule has 0 aliphatic heterocycles. The average molecular weight is 715 g/mol. The van der Waals surface area contributed by atoms with Gasteiger partial charge in [-0.05, 0) is 81.9 Å². The Hall–Kier alpha value is -7.42. The number of fused-ring (bicyclic) bond motifs is 3. The quantitative estimate of drug-likeness (QED) is 0.152. The predicted octanol–water partition coefficient (Wildman–Crippen LogP) is 14.9. The highest BCUT2D eigenvalue weighted by Gasteiger charge is 2.22. The van der Waals surface area contributed by atoms with E-state index in [-0.39, 0.29) is 0 Å². The lowest BCUT2D eigenvalue weighted by molar-refractivity contribution is 1.18. The number of anilines is 3. The third kappa shape index (κ3) is 5.95. The van der Waals surface area contributed by atoms with Crippen molar-refractivity contribution in [3.05, 3.63) is 231 Å². The molecule has 0 N–H and O–H groups in total. The summed E-state index contributed by atoms with van der Waals surface area (Å²) in [5.74, 6) is 0. The topological polar surface area (TPSA) is 8.17 Å². The van der Waals surface area contributed by atoms with E-state index in [1.165, 1.54) is 49.7 Å². The van der Waals surface area contributed by atoms with Gasteiger partial charge in [-0.15, -0.1) is 0 Å². The van der Waals surface area contributed by atoms with Crippen LogP contribution in [-0.2, 0) is 0 Å². The smallest absolute Gasteiger partial charge is 0.0562 e. The molecule has 0 saturated carbocycles. The van der Waals surface area contributed by atoms with Gasteiger partial charge in [-0.25, -0.2) is 0 Å². The van der Waals surface area contributed by atoms with Crippen LogP contribution in [0.25, 0.3) is 72.0 Å². The molecule has 2 nitrogen and oxygen atoms in total. The van der Waals surface area contributed by atoms with Crippen molar-refractivity contribution in [1.29, 1.82) is 0 Å². The molecule has 2 heteroatoms. The fourth-order valence-electron chi connectivity index (χ4n) is 8.24. The van der Waals surface area contributed by atoms with Crippen LogP contribution in [0, 0.1) is 0 Å². The SMILES string of the molecule is c1ccc(-c2ccccc2-c2ccc(N(c3ccccc3)c3ccc4c5ccccc5n(-c5ccccc5-c5ccccc5)c4c3)c(-c3ccccc3)c2)cc1. The summed E-state index contributed by atoms with van der Waals surface area (Å²) >= 11 is 0. The van der Waals surface area contributed by atoms with Gasteiger partial charge in [-0.2, -0.15) is 0 Å². The van der Waals surface area contributed by atoms with E-state index in [4.69, 9.17) is 0 Å². The normalized spacial score (nSPS) is 11.2. The van der Waals surface area contributed by atoms with E-state index < -0.39 is 0 Å². The van der Waals surface area contributed by atoms with Crippen LogP contribution < -0.4 is 4.90 Å². The molecule has 0 amide bonds. The lowest BCUT2D eigenvalue weighted by atomic mass is 9.91. The molecule has 56 heavy (non-hydrogen) atoms. The average Bonchev–Trinajstić information content (AvgIpc) is 3.61. The molecule has 0 saturated heterocycles. The second-order valence-electron chi connectivity index (χ2n) is 14.1. The first-order chi connectivity index (χ1) is 27.8. The summed E-state index contributed by atoms with van der Waals surface area (Å²) in [6.07, 6.45) is 0. The van der Waals surface area contributed by atoms with Crippen molar-refractivity contribution >= 4 is 38.9 Å². The van der Waals surface area contributed by atoms with E-state index in [0.29, 0.717) is 0 Å². The summed E-state index contributed by atoms with van der Waals surface area (Å²) in [6.45, 7) is 0. The van der Waals surface area contributed by atoms with Gasteiger partial charge in [-0.1, -0.05) is 182 Å². The molecule has 0 unspecified atom stereocenters. The zero-order chi connectivity index (χ0) is 37.3. The Morgan fingerprint density at radius 3 is 1.46 bits per heavy atom. The van der Waals surface area contributed by atoms with E-state index in [9.17, 15) is 0 Å². The molecule has 0 atom stereocenters. The Labute approximate surface area is 327 Å². The highest BCUT2D eigenvalue weighted by Crippen LogP contribution is 2.45. The van der Waals surface area contributed by atoms with Crippen LogP contribution >= 0.6 is 0 Å². The lowest BCUT2D eigenvalue weighted by Gasteiger charge is -2.29. The Balaban J connectivity index is 1.22. The van der Waals surface area contributed by atoms with Crippen LogP contribution in [0.15, 0.2) is 231 Å². The predicted molar refractivity (Wildman–Crippen MR) is 237 cm³/mol. The van der Waals surface area contributed by atoms with Crippen molar-refractivity contribution in [2.45, 2.75) is 0 Å². The number of rotatable bonds is 8. The molecule has 0 aliphatic rings. The number of hydrogen-bond donors (Lipinski definition) is 0. The molecule has 264 valence electrons. The van der Waals surface area contributed by atoms with Gasteiger partial charge >= 0.3 is 0 Å². The van der Waals surface area contributed by atoms with E-state index in [1.54, 1.807) is 0 Å². The zero-order valence-electron chi connectivity index (χ0n) is 30.8. The minimum absolute atomic E-state index is 1.08. The fourth-order valence-corrected chi connectivity index (χ4v) is 8.24. The van der Waals surface area contributed by atoms with Crippen molar-refractivity contribution < 1.29 is 0 Å². The second kappa shape index (κ2) is 14.4. The molecule has 10 rings (SSSR count). The minimum Gasteiger partial charge on any atom is -0.310 e. The Bertz CT molecular complexity index is 2950. The number of hydrogen-bond acceptors (Lipinski definition) is 1. The summed E-state index contributed by atoms with van der Waals surface area (Å²) in [7, 11) is 0. The number of aromatic nitrogens is 1. The highest BCUT2D eigenvalue weighted by atomic mass is 15.1. The molecule has 9 aromatic carbocycles. The minimum atomic E-state index is 1.08. The molecule has 10 aromatic rings. The Kier molecular flexibility index (Phi) is 8.55. The van der Waals surface area contributed by atoms with Gasteiger partial charge < -0.3 is 9.47 Å². The van der Waals surface area contributed by atoms with Crippen molar-refractivity contribution in [3.63, 3.8) is 0 Å². The largest absolute Gasteiger partial charge is 0.310 e. The van der Waals surface area contributed by atoms with Crippen LogP contribution in [0.4, 0.5) is 17.1 Å². The van der Waals surface area contributed by atoms with Crippen molar-refractivity contribution in [1.82, 2.24) is 4.57 Å². The molecule has 0 radical (unpaired) electrons. The highest BCUT2D eigenvalue weighted by molar-refractivity contribution is 6.11. The summed E-state index contributed by atoms with van der Waals surface area (Å²) < 4.78 is 2.45. The first kappa shape index (κ1) is 33.2.